The van der Waals surface area contributed by atoms with Crippen LogP contribution >= 0.6 is 31.9 Å². The van der Waals surface area contributed by atoms with Gasteiger partial charge in [-0.05, 0) is 176 Å². The van der Waals surface area contributed by atoms with Crippen LogP contribution in [0.2, 0.25) is 0 Å². The third kappa shape index (κ3) is 12.1. The Morgan fingerprint density at radius 2 is 1.17 bits per heavy atom. The molecule has 0 radical (unpaired) electrons. The van der Waals surface area contributed by atoms with Gasteiger partial charge in [0, 0.05) is 69.5 Å². The van der Waals surface area contributed by atoms with E-state index in [1.165, 1.54) is 18.0 Å². The first-order valence-electron chi connectivity index (χ1n) is 28.0. The predicted octanol–water partition coefficient (Wildman–Crippen LogP) is 11.2. The molecule has 3 amide bonds. The number of amides is 3. The molecular formula is C60H61Br2F4N13O5. The second-order valence-electron chi connectivity index (χ2n) is 21.5. The van der Waals surface area contributed by atoms with Crippen LogP contribution in [0.5, 0.6) is 11.5 Å². The van der Waals surface area contributed by atoms with E-state index in [9.17, 15) is 31.9 Å². The lowest BCUT2D eigenvalue weighted by Gasteiger charge is -2.26. The Morgan fingerprint density at radius 3 is 1.70 bits per heavy atom. The van der Waals surface area contributed by atoms with Gasteiger partial charge in [-0.15, -0.1) is 0 Å². The number of nitrogens with one attached hydrogen (secondary N) is 3. The fraction of sp³-hybridized carbons (Fsp3) is 0.383. The van der Waals surface area contributed by atoms with E-state index < -0.39 is 17.6 Å². The highest BCUT2D eigenvalue weighted by atomic mass is 79.9. The van der Waals surface area contributed by atoms with Crippen LogP contribution < -0.4 is 25.4 Å². The molecule has 84 heavy (non-hydrogen) atoms. The van der Waals surface area contributed by atoms with Crippen molar-refractivity contribution in [1.82, 2.24) is 49.6 Å². The van der Waals surface area contributed by atoms with Crippen LogP contribution in [0.25, 0.3) is 5.69 Å². The van der Waals surface area contributed by atoms with Crippen molar-refractivity contribution < 1.29 is 41.4 Å². The molecule has 6 bridgehead atoms. The Balaban J connectivity index is 0.000000132. The molecule has 3 N–H and O–H groups in total. The minimum atomic E-state index is -4.43. The summed E-state index contributed by atoms with van der Waals surface area (Å²) in [5, 5.41) is 18.3. The van der Waals surface area contributed by atoms with Gasteiger partial charge in [-0.25, -0.2) is 24.3 Å². The summed E-state index contributed by atoms with van der Waals surface area (Å²) in [5.74, 6) is 1.56. The number of methoxy groups -OCH3 is 1. The molecular weight excluding hydrogens is 1220 g/mol. The highest BCUT2D eigenvalue weighted by Gasteiger charge is 2.52. The van der Waals surface area contributed by atoms with Crippen LogP contribution in [0.3, 0.4) is 0 Å². The smallest absolute Gasteiger partial charge is 0.416 e. The van der Waals surface area contributed by atoms with Gasteiger partial charge in [-0.1, -0.05) is 18.2 Å². The molecule has 13 rings (SSSR count). The normalized spacial score (nSPS) is 23.3. The number of pyridine rings is 4. The van der Waals surface area contributed by atoms with Crippen molar-refractivity contribution >= 4 is 67.0 Å². The fourth-order valence-electron chi connectivity index (χ4n) is 13.0. The van der Waals surface area contributed by atoms with Crippen LogP contribution in [0, 0.1) is 12.7 Å². The number of para-hydroxylation sites is 2. The molecule has 9 atom stereocenters. The molecule has 7 aromatic rings. The summed E-state index contributed by atoms with van der Waals surface area (Å²) in [6.45, 7) is 4.32. The molecule has 0 saturated carbocycles. The monoisotopic (exact) mass is 1280 g/mol. The van der Waals surface area contributed by atoms with Crippen molar-refractivity contribution in [3.63, 3.8) is 0 Å². The third-order valence-corrected chi connectivity index (χ3v) is 17.5. The molecule has 6 aliphatic rings. The van der Waals surface area contributed by atoms with Crippen molar-refractivity contribution in [2.24, 2.45) is 0 Å². The molecule has 0 spiro atoms. The van der Waals surface area contributed by atoms with E-state index in [1.807, 2.05) is 71.0 Å². The van der Waals surface area contributed by atoms with E-state index >= 15 is 0 Å². The number of alkyl halides is 3. The van der Waals surface area contributed by atoms with Gasteiger partial charge in [0.25, 0.3) is 17.7 Å². The summed E-state index contributed by atoms with van der Waals surface area (Å²) in [7, 11) is 1.39. The van der Waals surface area contributed by atoms with Gasteiger partial charge in [-0.2, -0.15) is 28.2 Å². The van der Waals surface area contributed by atoms with E-state index in [0.29, 0.717) is 35.7 Å². The lowest BCUT2D eigenvalue weighted by molar-refractivity contribution is -0.137. The van der Waals surface area contributed by atoms with Crippen molar-refractivity contribution in [3.8, 4) is 17.2 Å². The Bertz CT molecular complexity index is 3500. The summed E-state index contributed by atoms with van der Waals surface area (Å²) in [6.07, 6.45) is 11.4. The van der Waals surface area contributed by atoms with E-state index in [0.717, 1.165) is 96.0 Å². The number of benzene rings is 2. The van der Waals surface area contributed by atoms with Crippen LogP contribution in [0.15, 0.2) is 131 Å². The average Bonchev–Trinajstić information content (AvgIpc) is 2.37. The van der Waals surface area contributed by atoms with E-state index in [2.05, 4.69) is 77.9 Å². The maximum absolute atomic E-state index is 14.0. The summed E-state index contributed by atoms with van der Waals surface area (Å²) in [5.41, 5.74) is 1.87. The molecule has 9 unspecified atom stereocenters. The lowest BCUT2D eigenvalue weighted by Crippen LogP contribution is -2.40. The third-order valence-electron chi connectivity index (χ3n) is 16.5. The van der Waals surface area contributed by atoms with Gasteiger partial charge in [0.05, 0.1) is 66.6 Å². The number of rotatable bonds is 13. The second-order valence-corrected chi connectivity index (χ2v) is 23.4. The summed E-state index contributed by atoms with van der Waals surface area (Å²) in [4.78, 5) is 64.4. The SMILES string of the molecule is CCOc1ccc(C)nc1C(=O)N1C2CCC1C(Nc1ccc(Br)cn1)C2.COc1c(F)cccc1C(=O)N1C2CCC1C(Nc1ccc(Br)cn1)C2.O=C(c1ccccc1-n1nccn1)N1C2CCC1C(Nc1cc(C(F)(F)F)ccn1)C2. The number of halogens is 6. The van der Waals surface area contributed by atoms with Crippen molar-refractivity contribution in [2.75, 3.05) is 29.7 Å². The first-order chi connectivity index (χ1) is 40.6. The average molecular weight is 1280 g/mol. The number of ether oxygens (including phenoxy) is 2. The number of aryl methyl sites for hydroxylation is 1. The molecule has 11 heterocycles. The van der Waals surface area contributed by atoms with E-state index in [4.69, 9.17) is 9.47 Å². The first-order valence-corrected chi connectivity index (χ1v) is 29.6. The number of aromatic nitrogens is 7. The predicted molar refractivity (Wildman–Crippen MR) is 313 cm³/mol. The topological polar surface area (TPSA) is 198 Å². The Labute approximate surface area is 499 Å². The van der Waals surface area contributed by atoms with Gasteiger partial charge in [0.15, 0.2) is 23.0 Å². The van der Waals surface area contributed by atoms with E-state index in [-0.39, 0.29) is 89.2 Å². The van der Waals surface area contributed by atoms with Crippen molar-refractivity contribution in [2.45, 2.75) is 132 Å². The van der Waals surface area contributed by atoms with Gasteiger partial charge in [0.2, 0.25) is 0 Å². The zero-order chi connectivity index (χ0) is 58.8. The minimum Gasteiger partial charge on any atom is -0.493 e. The zero-order valence-electron chi connectivity index (χ0n) is 46.1. The number of hydrogen-bond acceptors (Lipinski definition) is 14. The van der Waals surface area contributed by atoms with Crippen LogP contribution in [-0.2, 0) is 6.18 Å². The van der Waals surface area contributed by atoms with Gasteiger partial charge < -0.3 is 40.1 Å². The second kappa shape index (κ2) is 24.8. The van der Waals surface area contributed by atoms with Crippen LogP contribution in [0.1, 0.15) is 107 Å². The molecule has 24 heteroatoms. The minimum absolute atomic E-state index is 0.0166. The Kier molecular flexibility index (Phi) is 17.2. The molecule has 438 valence electrons. The molecule has 0 aliphatic carbocycles. The van der Waals surface area contributed by atoms with Crippen LogP contribution in [-0.4, -0.2) is 135 Å². The number of fused-ring (bicyclic) bond motifs is 6. The Morgan fingerprint density at radius 1 is 0.631 bits per heavy atom. The number of anilines is 3. The van der Waals surface area contributed by atoms with Gasteiger partial charge >= 0.3 is 6.18 Å². The molecule has 6 fully saturated rings. The quantitative estimate of drug-likeness (QED) is 0.0922. The summed E-state index contributed by atoms with van der Waals surface area (Å²) in [6, 6.07) is 25.8. The van der Waals surface area contributed by atoms with Crippen LogP contribution in [0.4, 0.5) is 35.0 Å². The zero-order valence-corrected chi connectivity index (χ0v) is 49.3. The highest BCUT2D eigenvalue weighted by molar-refractivity contribution is 9.10. The van der Waals surface area contributed by atoms with Gasteiger partial charge in [0.1, 0.15) is 17.5 Å². The van der Waals surface area contributed by atoms with Gasteiger partial charge in [-0.3, -0.25) is 14.4 Å². The summed E-state index contributed by atoms with van der Waals surface area (Å²) >= 11 is 6.79. The maximum Gasteiger partial charge on any atom is 0.416 e. The largest absolute Gasteiger partial charge is 0.493 e. The highest BCUT2D eigenvalue weighted by Crippen LogP contribution is 2.44. The molecule has 2 aromatic carbocycles. The standard InChI is InChI=1S/C21H19F3N6O.C20H23BrN4O2.C19H19BrFN3O2/c22-21(23,24)13-7-8-25-19(11-13)28-16-12-14-5-6-18(16)29(14)20(31)15-3-1-2-4-17(15)30-26-9-10-27-30;1-3-27-17-8-4-12(2)23-19(17)20(26)25-14-6-7-16(25)15(10-14)24-18-9-5-13(21)11-22-18;1-26-18-13(3-2-4-14(18)21)19(25)24-12-6-7-16(24)15(9-12)23-17-8-5-11(20)10-22-17/h1-4,7-11,14,16,18H,5-6,12H2,(H,25,28);4-5,8-9,11,14-16H,3,6-7,10H2,1-2H3,(H,22,24);2-5,8,10,12,15-16H,6-7,9H2,1H3,(H,22,23). The Hall–Kier alpha value is -7.73. The molecule has 6 aliphatic heterocycles. The molecule has 5 aromatic heterocycles. The number of carbonyl (C=O) groups excluding carboxylic acids is 3. The number of nitrogens with zero attached hydrogens (tertiary/aromatic N) is 10. The lowest BCUT2D eigenvalue weighted by atomic mass is 9.95. The fourth-order valence-corrected chi connectivity index (χ4v) is 13.5. The maximum atomic E-state index is 14.0. The van der Waals surface area contributed by atoms with Crippen molar-refractivity contribution in [1.29, 1.82) is 0 Å². The van der Waals surface area contributed by atoms with E-state index in [1.54, 1.807) is 55.1 Å². The number of carbonyl (C=O) groups is 3. The molecule has 6 saturated heterocycles. The first kappa shape index (κ1) is 58.1. The molecule has 18 nitrogen and oxygen atoms in total. The number of hydrogen-bond donors (Lipinski definition) is 3. The van der Waals surface area contributed by atoms with Crippen molar-refractivity contribution in [3.05, 3.63) is 165 Å². The summed E-state index contributed by atoms with van der Waals surface area (Å²) < 4.78 is 65.7.